The maximum Gasteiger partial charge on any atom is 0.373 e. The van der Waals surface area contributed by atoms with E-state index in [1.54, 1.807) is 12.1 Å². The Hall–Kier alpha value is -2.45. The zero-order valence-electron chi connectivity index (χ0n) is 16.1. The number of piperidine rings is 1. The maximum absolute atomic E-state index is 11.7. The van der Waals surface area contributed by atoms with E-state index in [0.717, 1.165) is 30.8 Å². The van der Waals surface area contributed by atoms with Gasteiger partial charge in [0.25, 0.3) is 0 Å². The van der Waals surface area contributed by atoms with Gasteiger partial charge in [0.1, 0.15) is 12.1 Å². The van der Waals surface area contributed by atoms with Crippen LogP contribution in [0.1, 0.15) is 30.4 Å². The number of aromatic nitrogens is 2. The van der Waals surface area contributed by atoms with Crippen molar-refractivity contribution in [2.75, 3.05) is 31.5 Å². The van der Waals surface area contributed by atoms with Crippen LogP contribution in [-0.4, -0.2) is 46.0 Å². The van der Waals surface area contributed by atoms with E-state index in [1.807, 2.05) is 13.8 Å². The summed E-state index contributed by atoms with van der Waals surface area (Å²) in [7, 11) is 0. The van der Waals surface area contributed by atoms with Crippen LogP contribution in [0.25, 0.3) is 0 Å². The number of aryl methyl sites for hydroxylation is 2. The van der Waals surface area contributed by atoms with Crippen molar-refractivity contribution in [3.8, 4) is 11.6 Å². The molecule has 0 spiro atoms. The van der Waals surface area contributed by atoms with Gasteiger partial charge >= 0.3 is 11.6 Å². The number of likely N-dealkylation sites (tertiary alicyclic amines) is 1. The topological polar surface area (TPSA) is 93.4 Å². The Kier molecular flexibility index (Phi) is 6.64. The molecule has 1 N–H and O–H groups in total. The summed E-state index contributed by atoms with van der Waals surface area (Å²) in [6.45, 7) is 7.21. The second kappa shape index (κ2) is 9.16. The first-order chi connectivity index (χ1) is 13.5. The van der Waals surface area contributed by atoms with Crippen molar-refractivity contribution in [3.63, 3.8) is 0 Å². The van der Waals surface area contributed by atoms with Crippen molar-refractivity contribution < 1.29 is 9.66 Å². The van der Waals surface area contributed by atoms with Crippen LogP contribution in [0, 0.1) is 24.0 Å². The van der Waals surface area contributed by atoms with E-state index in [2.05, 4.69) is 20.2 Å². The SMILES string of the molecule is Cc1cc(Oc2ncnc(NCCN3CCCCC3)c2[N+](=O)[O-])cc(C)c1Cl. The standard InChI is InChI=1S/C19H24ClN5O3/c1-13-10-15(11-14(2)16(13)20)28-19-17(25(26)27)18(22-12-23-19)21-6-9-24-7-4-3-5-8-24/h10-12H,3-9H2,1-2H3,(H,21,22,23). The fraction of sp³-hybridized carbons (Fsp3) is 0.474. The Morgan fingerprint density at radius 2 is 1.89 bits per heavy atom. The van der Waals surface area contributed by atoms with E-state index in [0.29, 0.717) is 17.3 Å². The minimum absolute atomic E-state index is 0.0957. The second-order valence-electron chi connectivity index (χ2n) is 6.94. The summed E-state index contributed by atoms with van der Waals surface area (Å²) >= 11 is 6.18. The Bertz CT molecular complexity index is 832. The molecule has 1 saturated heterocycles. The molecule has 28 heavy (non-hydrogen) atoms. The number of rotatable bonds is 7. The Labute approximate surface area is 169 Å². The van der Waals surface area contributed by atoms with Gasteiger partial charge in [0, 0.05) is 18.1 Å². The van der Waals surface area contributed by atoms with Crippen LogP contribution in [-0.2, 0) is 0 Å². The van der Waals surface area contributed by atoms with Crippen molar-refractivity contribution >= 4 is 23.1 Å². The van der Waals surface area contributed by atoms with Crippen LogP contribution in [0.15, 0.2) is 18.5 Å². The van der Waals surface area contributed by atoms with E-state index >= 15 is 0 Å². The van der Waals surface area contributed by atoms with Gasteiger partial charge in [-0.05, 0) is 63.0 Å². The third-order valence-electron chi connectivity index (χ3n) is 4.76. The molecule has 0 aliphatic carbocycles. The molecular formula is C19H24ClN5O3. The predicted octanol–water partition coefficient (Wildman–Crippen LogP) is 4.35. The third kappa shape index (κ3) is 4.88. The molecule has 1 aliphatic rings. The molecule has 0 amide bonds. The number of benzene rings is 1. The first-order valence-corrected chi connectivity index (χ1v) is 9.73. The van der Waals surface area contributed by atoms with Gasteiger partial charge in [0.2, 0.25) is 5.82 Å². The molecule has 0 bridgehead atoms. The highest BCUT2D eigenvalue weighted by Crippen LogP contribution is 2.35. The lowest BCUT2D eigenvalue weighted by atomic mass is 10.1. The molecule has 0 atom stereocenters. The van der Waals surface area contributed by atoms with Gasteiger partial charge in [-0.3, -0.25) is 10.1 Å². The predicted molar refractivity (Wildman–Crippen MR) is 108 cm³/mol. The lowest BCUT2D eigenvalue weighted by Crippen LogP contribution is -2.33. The fourth-order valence-corrected chi connectivity index (χ4v) is 3.43. The summed E-state index contributed by atoms with van der Waals surface area (Å²) in [6, 6.07) is 3.45. The molecule has 2 aromatic rings. The second-order valence-corrected chi connectivity index (χ2v) is 7.31. The quantitative estimate of drug-likeness (QED) is 0.540. The Balaban J connectivity index is 1.76. The van der Waals surface area contributed by atoms with Crippen molar-refractivity contribution in [2.24, 2.45) is 0 Å². The van der Waals surface area contributed by atoms with Gasteiger partial charge in [0.15, 0.2) is 0 Å². The van der Waals surface area contributed by atoms with Gasteiger partial charge in [-0.15, -0.1) is 0 Å². The smallest absolute Gasteiger partial charge is 0.373 e. The number of nitrogens with one attached hydrogen (secondary N) is 1. The van der Waals surface area contributed by atoms with Gasteiger partial charge in [-0.2, -0.15) is 4.98 Å². The first-order valence-electron chi connectivity index (χ1n) is 9.36. The van der Waals surface area contributed by atoms with Crippen molar-refractivity contribution in [2.45, 2.75) is 33.1 Å². The van der Waals surface area contributed by atoms with Crippen LogP contribution in [0.3, 0.4) is 0 Å². The van der Waals surface area contributed by atoms with E-state index in [1.165, 1.54) is 25.6 Å². The van der Waals surface area contributed by atoms with Gasteiger partial charge in [0.05, 0.1) is 4.92 Å². The zero-order chi connectivity index (χ0) is 20.1. The van der Waals surface area contributed by atoms with Gasteiger partial charge in [-0.25, -0.2) is 4.98 Å². The van der Waals surface area contributed by atoms with Gasteiger partial charge in [-0.1, -0.05) is 18.0 Å². The minimum atomic E-state index is -0.520. The lowest BCUT2D eigenvalue weighted by molar-refractivity contribution is -0.385. The van der Waals surface area contributed by atoms with Crippen molar-refractivity contribution in [1.82, 2.24) is 14.9 Å². The summed E-state index contributed by atoms with van der Waals surface area (Å²) in [6.07, 6.45) is 4.93. The molecule has 2 heterocycles. The Morgan fingerprint density at radius 3 is 2.54 bits per heavy atom. The third-order valence-corrected chi connectivity index (χ3v) is 5.36. The number of anilines is 1. The number of hydrogen-bond donors (Lipinski definition) is 1. The highest BCUT2D eigenvalue weighted by molar-refractivity contribution is 6.32. The number of nitrogens with zero attached hydrogens (tertiary/aromatic N) is 4. The van der Waals surface area contributed by atoms with Crippen LogP contribution in [0.4, 0.5) is 11.5 Å². The lowest BCUT2D eigenvalue weighted by Gasteiger charge is -2.26. The molecule has 0 saturated carbocycles. The van der Waals surface area contributed by atoms with Crippen LogP contribution in [0.2, 0.25) is 5.02 Å². The van der Waals surface area contributed by atoms with Gasteiger partial charge < -0.3 is 15.0 Å². The molecule has 8 nitrogen and oxygen atoms in total. The number of ether oxygens (including phenoxy) is 1. The molecule has 1 aromatic heterocycles. The molecule has 150 valence electrons. The molecule has 0 radical (unpaired) electrons. The highest BCUT2D eigenvalue weighted by Gasteiger charge is 2.25. The summed E-state index contributed by atoms with van der Waals surface area (Å²) in [4.78, 5) is 21.5. The van der Waals surface area contributed by atoms with Crippen molar-refractivity contribution in [3.05, 3.63) is 44.7 Å². The molecule has 1 aliphatic heterocycles. The fourth-order valence-electron chi connectivity index (χ4n) is 3.32. The maximum atomic E-state index is 11.7. The number of nitro groups is 1. The van der Waals surface area contributed by atoms with E-state index in [9.17, 15) is 10.1 Å². The first kappa shape index (κ1) is 20.3. The Morgan fingerprint density at radius 1 is 1.21 bits per heavy atom. The molecule has 1 aromatic carbocycles. The van der Waals surface area contributed by atoms with Crippen LogP contribution in [0.5, 0.6) is 11.6 Å². The average Bonchev–Trinajstić information content (AvgIpc) is 2.67. The summed E-state index contributed by atoms with van der Waals surface area (Å²) in [5, 5.41) is 15.4. The summed E-state index contributed by atoms with van der Waals surface area (Å²) in [5.41, 5.74) is 1.38. The molecule has 0 unspecified atom stereocenters. The number of hydrogen-bond acceptors (Lipinski definition) is 7. The molecule has 3 rings (SSSR count). The summed E-state index contributed by atoms with van der Waals surface area (Å²) < 4.78 is 5.72. The molecular weight excluding hydrogens is 382 g/mol. The van der Waals surface area contributed by atoms with Crippen molar-refractivity contribution in [1.29, 1.82) is 0 Å². The number of halogens is 1. The summed E-state index contributed by atoms with van der Waals surface area (Å²) in [5.74, 6) is 0.511. The normalized spacial score (nSPS) is 14.7. The largest absolute Gasteiger partial charge is 0.434 e. The van der Waals surface area contributed by atoms with E-state index in [-0.39, 0.29) is 17.4 Å². The zero-order valence-corrected chi connectivity index (χ0v) is 16.8. The molecule has 1 fully saturated rings. The van der Waals surface area contributed by atoms with Crippen LogP contribution < -0.4 is 10.1 Å². The van der Waals surface area contributed by atoms with E-state index in [4.69, 9.17) is 16.3 Å². The minimum Gasteiger partial charge on any atom is -0.434 e. The monoisotopic (exact) mass is 405 g/mol. The van der Waals surface area contributed by atoms with Crippen LogP contribution >= 0.6 is 11.6 Å². The van der Waals surface area contributed by atoms with E-state index < -0.39 is 4.92 Å². The average molecular weight is 406 g/mol. The highest BCUT2D eigenvalue weighted by atomic mass is 35.5. The molecule has 9 heteroatoms.